The van der Waals surface area contributed by atoms with Crippen molar-refractivity contribution in [3.63, 3.8) is 0 Å². The van der Waals surface area contributed by atoms with Crippen molar-refractivity contribution in [3.05, 3.63) is 60.3 Å². The Bertz CT molecular complexity index is 813. The van der Waals surface area contributed by atoms with Crippen molar-refractivity contribution in [3.8, 4) is 0 Å². The molecule has 0 saturated heterocycles. The van der Waals surface area contributed by atoms with Crippen LogP contribution in [0.15, 0.2) is 48.8 Å². The molecule has 0 fully saturated rings. The van der Waals surface area contributed by atoms with Crippen molar-refractivity contribution in [2.45, 2.75) is 6.18 Å². The molecule has 0 aliphatic rings. The number of hydrogen-bond donors (Lipinski definition) is 1. The highest BCUT2D eigenvalue weighted by Crippen LogP contribution is 2.31. The highest BCUT2D eigenvalue weighted by molar-refractivity contribution is 5.92. The molecule has 0 aliphatic heterocycles. The van der Waals surface area contributed by atoms with E-state index in [1.165, 1.54) is 30.6 Å². The number of nitrogens with zero attached hydrogens (tertiary/aromatic N) is 2. The quantitative estimate of drug-likeness (QED) is 0.558. The van der Waals surface area contributed by atoms with Gasteiger partial charge in [-0.15, -0.1) is 0 Å². The topological polar surface area (TPSA) is 37.8 Å². The van der Waals surface area contributed by atoms with Gasteiger partial charge in [0.05, 0.1) is 17.3 Å². The number of hydrogen-bond acceptors (Lipinski definition) is 3. The van der Waals surface area contributed by atoms with Gasteiger partial charge >= 0.3 is 6.18 Å². The molecule has 0 amide bonds. The average molecular weight is 307 g/mol. The van der Waals surface area contributed by atoms with E-state index in [2.05, 4.69) is 15.3 Å². The molecule has 112 valence electrons. The SMILES string of the molecule is Fc1cc2c(Nc3ccc(C(F)(F)F)cc3)ccnc2cn1. The summed E-state index contributed by atoms with van der Waals surface area (Å²) in [6.45, 7) is 0. The summed E-state index contributed by atoms with van der Waals surface area (Å²) in [5.41, 5.74) is 0.745. The standard InChI is InChI=1S/C15H9F4N3/c16-14-7-11-12(5-6-20-13(11)8-21-14)22-10-3-1-9(2-4-10)15(17,18)19/h1-8H,(H,20,22). The molecule has 0 bridgehead atoms. The van der Waals surface area contributed by atoms with Gasteiger partial charge in [-0.05, 0) is 30.3 Å². The van der Waals surface area contributed by atoms with Crippen LogP contribution in [0.3, 0.4) is 0 Å². The zero-order valence-corrected chi connectivity index (χ0v) is 11.0. The molecule has 3 rings (SSSR count). The fourth-order valence-corrected chi connectivity index (χ4v) is 2.03. The zero-order valence-electron chi connectivity index (χ0n) is 11.0. The Balaban J connectivity index is 1.95. The lowest BCUT2D eigenvalue weighted by atomic mass is 10.2. The van der Waals surface area contributed by atoms with Crippen molar-refractivity contribution in [2.75, 3.05) is 5.32 Å². The van der Waals surface area contributed by atoms with Gasteiger partial charge in [-0.1, -0.05) is 0 Å². The molecule has 2 heterocycles. The van der Waals surface area contributed by atoms with Gasteiger partial charge in [0.15, 0.2) is 0 Å². The number of aromatic nitrogens is 2. The number of anilines is 2. The summed E-state index contributed by atoms with van der Waals surface area (Å²) in [4.78, 5) is 7.57. The van der Waals surface area contributed by atoms with Crippen LogP contribution in [-0.4, -0.2) is 9.97 Å². The van der Waals surface area contributed by atoms with Gasteiger partial charge in [-0.2, -0.15) is 17.6 Å². The van der Waals surface area contributed by atoms with E-state index in [9.17, 15) is 17.6 Å². The molecule has 2 aromatic heterocycles. The maximum Gasteiger partial charge on any atom is 0.416 e. The van der Waals surface area contributed by atoms with Crippen molar-refractivity contribution >= 4 is 22.3 Å². The summed E-state index contributed by atoms with van der Waals surface area (Å²) in [6.07, 6.45) is -1.58. The van der Waals surface area contributed by atoms with E-state index in [1.54, 1.807) is 6.07 Å². The predicted octanol–water partition coefficient (Wildman–Crippen LogP) is 4.53. The first-order valence-electron chi connectivity index (χ1n) is 6.28. The Kier molecular flexibility index (Phi) is 3.40. The summed E-state index contributed by atoms with van der Waals surface area (Å²) in [6, 6.07) is 7.41. The van der Waals surface area contributed by atoms with Crippen molar-refractivity contribution < 1.29 is 17.6 Å². The van der Waals surface area contributed by atoms with Gasteiger partial charge in [0.2, 0.25) is 5.95 Å². The van der Waals surface area contributed by atoms with Gasteiger partial charge in [0.25, 0.3) is 0 Å². The molecule has 3 aromatic rings. The molecule has 22 heavy (non-hydrogen) atoms. The lowest BCUT2D eigenvalue weighted by Gasteiger charge is -2.11. The summed E-state index contributed by atoms with van der Waals surface area (Å²) < 4.78 is 50.8. The van der Waals surface area contributed by atoms with Crippen LogP contribution in [0.2, 0.25) is 0 Å². The van der Waals surface area contributed by atoms with Crippen LogP contribution in [0, 0.1) is 5.95 Å². The van der Waals surface area contributed by atoms with E-state index < -0.39 is 17.7 Å². The second-order valence-electron chi connectivity index (χ2n) is 4.58. The minimum atomic E-state index is -4.38. The lowest BCUT2D eigenvalue weighted by molar-refractivity contribution is -0.137. The summed E-state index contributed by atoms with van der Waals surface area (Å²) in [5, 5.41) is 3.45. The number of benzene rings is 1. The van der Waals surface area contributed by atoms with Gasteiger partial charge < -0.3 is 5.32 Å². The number of halogens is 4. The Morgan fingerprint density at radius 3 is 2.36 bits per heavy atom. The molecule has 0 radical (unpaired) electrons. The van der Waals surface area contributed by atoms with Crippen LogP contribution in [0.1, 0.15) is 5.56 Å². The minimum Gasteiger partial charge on any atom is -0.355 e. The maximum atomic E-state index is 13.2. The Labute approximate surface area is 122 Å². The summed E-state index contributed by atoms with van der Waals surface area (Å²) in [7, 11) is 0. The van der Waals surface area contributed by atoms with E-state index in [4.69, 9.17) is 0 Å². The van der Waals surface area contributed by atoms with Crippen LogP contribution < -0.4 is 5.32 Å². The first kappa shape index (κ1) is 14.2. The van der Waals surface area contributed by atoms with Crippen LogP contribution in [0.5, 0.6) is 0 Å². The predicted molar refractivity (Wildman–Crippen MR) is 74.2 cm³/mol. The number of fused-ring (bicyclic) bond motifs is 1. The molecular weight excluding hydrogens is 298 g/mol. The molecule has 0 unspecified atom stereocenters. The molecule has 0 spiro atoms. The fourth-order valence-electron chi connectivity index (χ4n) is 2.03. The number of pyridine rings is 2. The Hall–Kier alpha value is -2.70. The van der Waals surface area contributed by atoms with Gasteiger partial charge in [-0.25, -0.2) is 4.98 Å². The lowest BCUT2D eigenvalue weighted by Crippen LogP contribution is -2.04. The molecule has 1 N–H and O–H groups in total. The number of rotatable bonds is 2. The molecule has 7 heteroatoms. The third kappa shape index (κ3) is 2.83. The van der Waals surface area contributed by atoms with E-state index in [1.807, 2.05) is 0 Å². The molecule has 0 atom stereocenters. The van der Waals surface area contributed by atoms with Gasteiger partial charge in [0, 0.05) is 29.0 Å². The van der Waals surface area contributed by atoms with Crippen molar-refractivity contribution in [2.24, 2.45) is 0 Å². The Morgan fingerprint density at radius 1 is 0.955 bits per heavy atom. The van der Waals surface area contributed by atoms with Crippen molar-refractivity contribution in [1.82, 2.24) is 9.97 Å². The van der Waals surface area contributed by atoms with Crippen molar-refractivity contribution in [1.29, 1.82) is 0 Å². The highest BCUT2D eigenvalue weighted by Gasteiger charge is 2.29. The summed E-state index contributed by atoms with van der Waals surface area (Å²) >= 11 is 0. The van der Waals surface area contributed by atoms with Crippen LogP contribution in [0.4, 0.5) is 28.9 Å². The second-order valence-corrected chi connectivity index (χ2v) is 4.58. The molecule has 0 saturated carbocycles. The normalized spacial score (nSPS) is 11.6. The fraction of sp³-hybridized carbons (Fsp3) is 0.0667. The molecule has 3 nitrogen and oxygen atoms in total. The van der Waals surface area contributed by atoms with Crippen LogP contribution in [0.25, 0.3) is 10.9 Å². The third-order valence-electron chi connectivity index (χ3n) is 3.09. The molecule has 0 aliphatic carbocycles. The number of alkyl halides is 3. The average Bonchev–Trinajstić information content (AvgIpc) is 2.47. The van der Waals surface area contributed by atoms with E-state index in [0.717, 1.165) is 12.1 Å². The largest absolute Gasteiger partial charge is 0.416 e. The molecular formula is C15H9F4N3. The second kappa shape index (κ2) is 5.25. The van der Waals surface area contributed by atoms with Crippen LogP contribution in [-0.2, 0) is 6.18 Å². The highest BCUT2D eigenvalue weighted by atomic mass is 19.4. The molecule has 1 aromatic carbocycles. The summed E-state index contributed by atoms with van der Waals surface area (Å²) in [5.74, 6) is -0.657. The smallest absolute Gasteiger partial charge is 0.355 e. The van der Waals surface area contributed by atoms with Gasteiger partial charge in [-0.3, -0.25) is 4.98 Å². The maximum absolute atomic E-state index is 13.2. The minimum absolute atomic E-state index is 0.456. The van der Waals surface area contributed by atoms with E-state index >= 15 is 0 Å². The van der Waals surface area contributed by atoms with Crippen LogP contribution >= 0.6 is 0 Å². The van der Waals surface area contributed by atoms with E-state index in [-0.39, 0.29) is 0 Å². The van der Waals surface area contributed by atoms with E-state index in [0.29, 0.717) is 22.3 Å². The monoisotopic (exact) mass is 307 g/mol. The number of nitrogens with one attached hydrogen (secondary N) is 1. The first-order chi connectivity index (χ1) is 10.4. The third-order valence-corrected chi connectivity index (χ3v) is 3.09. The Morgan fingerprint density at radius 2 is 1.68 bits per heavy atom. The van der Waals surface area contributed by atoms with Gasteiger partial charge in [0.1, 0.15) is 0 Å². The zero-order chi connectivity index (χ0) is 15.7. The first-order valence-corrected chi connectivity index (χ1v) is 6.28.